The summed E-state index contributed by atoms with van der Waals surface area (Å²) in [5, 5.41) is 0. The second kappa shape index (κ2) is 5.60. The van der Waals surface area contributed by atoms with E-state index in [2.05, 4.69) is 4.98 Å². The number of pyridine rings is 1. The lowest BCUT2D eigenvalue weighted by atomic mass is 10.2. The van der Waals surface area contributed by atoms with Crippen LogP contribution in [0, 0.1) is 6.92 Å². The molecule has 0 aliphatic heterocycles. The van der Waals surface area contributed by atoms with Crippen molar-refractivity contribution in [3.8, 4) is 11.6 Å². The monoisotopic (exact) mass is 292 g/mol. The molecule has 0 saturated heterocycles. The van der Waals surface area contributed by atoms with Crippen LogP contribution in [0.2, 0.25) is 0 Å². The lowest BCUT2D eigenvalue weighted by Gasteiger charge is -2.08. The van der Waals surface area contributed by atoms with Gasteiger partial charge in [0.1, 0.15) is 5.75 Å². The number of ether oxygens (including phenoxy) is 1. The molecule has 1 aromatic carbocycles. The van der Waals surface area contributed by atoms with Gasteiger partial charge in [0.05, 0.1) is 4.90 Å². The maximum absolute atomic E-state index is 11.4. The molecule has 2 aromatic rings. The van der Waals surface area contributed by atoms with E-state index in [4.69, 9.17) is 10.5 Å². The Bertz CT molecular complexity index is 710. The molecule has 0 fully saturated rings. The molecule has 5 nitrogen and oxygen atoms in total. The number of rotatable bonds is 4. The summed E-state index contributed by atoms with van der Waals surface area (Å²) in [5.41, 5.74) is 7.35. The molecule has 0 atom stereocenters. The summed E-state index contributed by atoms with van der Waals surface area (Å²) in [6.45, 7) is 2.30. The summed E-state index contributed by atoms with van der Waals surface area (Å²) in [4.78, 5) is 4.55. The summed E-state index contributed by atoms with van der Waals surface area (Å²) < 4.78 is 28.3. The minimum Gasteiger partial charge on any atom is -0.439 e. The van der Waals surface area contributed by atoms with Crippen LogP contribution in [0.5, 0.6) is 11.6 Å². The molecule has 0 spiro atoms. The van der Waals surface area contributed by atoms with Gasteiger partial charge in [-0.15, -0.1) is 0 Å². The first-order valence-electron chi connectivity index (χ1n) is 6.05. The highest BCUT2D eigenvalue weighted by Crippen LogP contribution is 2.22. The number of aryl methyl sites for hydroxylation is 1. The minimum atomic E-state index is -3.19. The van der Waals surface area contributed by atoms with Crippen LogP contribution in [0.15, 0.2) is 41.3 Å². The summed E-state index contributed by atoms with van der Waals surface area (Å²) in [6.07, 6.45) is 1.17. The standard InChI is InChI=1S/C14H16N2O3S/c1-10-11(9-15)3-8-14(16-10)19-12-4-6-13(7-5-12)20(2,17)18/h3-8H,9,15H2,1-2H3. The Morgan fingerprint density at radius 2 is 1.80 bits per heavy atom. The summed E-state index contributed by atoms with van der Waals surface area (Å²) in [5.74, 6) is 0.983. The van der Waals surface area contributed by atoms with Gasteiger partial charge in [-0.2, -0.15) is 0 Å². The Morgan fingerprint density at radius 1 is 1.15 bits per heavy atom. The summed E-state index contributed by atoms with van der Waals surface area (Å²) in [6, 6.07) is 9.81. The molecule has 106 valence electrons. The number of hydrogen-bond donors (Lipinski definition) is 1. The Kier molecular flexibility index (Phi) is 4.06. The third kappa shape index (κ3) is 3.34. The zero-order valence-electron chi connectivity index (χ0n) is 11.3. The molecule has 6 heteroatoms. The van der Waals surface area contributed by atoms with Crippen LogP contribution in [0.4, 0.5) is 0 Å². The van der Waals surface area contributed by atoms with Crippen molar-refractivity contribution < 1.29 is 13.2 Å². The SMILES string of the molecule is Cc1nc(Oc2ccc(S(C)(=O)=O)cc2)ccc1CN. The van der Waals surface area contributed by atoms with E-state index in [0.717, 1.165) is 11.3 Å². The molecule has 0 bridgehead atoms. The highest BCUT2D eigenvalue weighted by molar-refractivity contribution is 7.90. The summed E-state index contributed by atoms with van der Waals surface area (Å²) in [7, 11) is -3.19. The third-order valence-electron chi connectivity index (χ3n) is 2.86. The first-order chi connectivity index (χ1) is 9.40. The van der Waals surface area contributed by atoms with E-state index < -0.39 is 9.84 Å². The molecule has 0 unspecified atom stereocenters. The van der Waals surface area contributed by atoms with Gasteiger partial charge in [0.25, 0.3) is 0 Å². The average Bonchev–Trinajstić information content (AvgIpc) is 2.38. The van der Waals surface area contributed by atoms with Gasteiger partial charge in [-0.25, -0.2) is 13.4 Å². The maximum atomic E-state index is 11.4. The van der Waals surface area contributed by atoms with Crippen molar-refractivity contribution in [2.24, 2.45) is 5.73 Å². The molecular formula is C14H16N2O3S. The van der Waals surface area contributed by atoms with Crippen molar-refractivity contribution in [1.82, 2.24) is 4.98 Å². The third-order valence-corrected chi connectivity index (χ3v) is 3.99. The van der Waals surface area contributed by atoms with Gasteiger partial charge in [-0.3, -0.25) is 0 Å². The minimum absolute atomic E-state index is 0.257. The molecule has 0 radical (unpaired) electrons. The van der Waals surface area contributed by atoms with Crippen LogP contribution in [-0.4, -0.2) is 19.7 Å². The highest BCUT2D eigenvalue weighted by Gasteiger charge is 2.07. The van der Waals surface area contributed by atoms with E-state index >= 15 is 0 Å². The van der Waals surface area contributed by atoms with E-state index in [9.17, 15) is 8.42 Å². The average molecular weight is 292 g/mol. The molecule has 0 saturated carbocycles. The van der Waals surface area contributed by atoms with E-state index in [0.29, 0.717) is 18.2 Å². The molecule has 0 amide bonds. The molecule has 20 heavy (non-hydrogen) atoms. The number of nitrogens with zero attached hydrogens (tertiary/aromatic N) is 1. The van der Waals surface area contributed by atoms with Gasteiger partial charge < -0.3 is 10.5 Å². The smallest absolute Gasteiger partial charge is 0.219 e. The van der Waals surface area contributed by atoms with Crippen molar-refractivity contribution >= 4 is 9.84 Å². The fourth-order valence-corrected chi connectivity index (χ4v) is 2.35. The number of nitrogens with two attached hydrogens (primary N) is 1. The number of hydrogen-bond acceptors (Lipinski definition) is 5. The van der Waals surface area contributed by atoms with Gasteiger partial charge in [0, 0.05) is 24.6 Å². The summed E-state index contributed by atoms with van der Waals surface area (Å²) >= 11 is 0. The molecule has 1 heterocycles. The largest absolute Gasteiger partial charge is 0.439 e. The topological polar surface area (TPSA) is 82.3 Å². The zero-order valence-corrected chi connectivity index (χ0v) is 12.1. The Morgan fingerprint density at radius 3 is 2.30 bits per heavy atom. The van der Waals surface area contributed by atoms with Crippen LogP contribution >= 0.6 is 0 Å². The molecular weight excluding hydrogens is 276 g/mol. The van der Waals surface area contributed by atoms with Crippen molar-refractivity contribution in [2.45, 2.75) is 18.4 Å². The Balaban J connectivity index is 2.20. The van der Waals surface area contributed by atoms with Crippen molar-refractivity contribution in [2.75, 3.05) is 6.26 Å². The zero-order chi connectivity index (χ0) is 14.8. The number of aromatic nitrogens is 1. The number of benzene rings is 1. The van der Waals surface area contributed by atoms with Gasteiger partial charge >= 0.3 is 0 Å². The van der Waals surface area contributed by atoms with Gasteiger partial charge in [-0.05, 0) is 36.8 Å². The van der Waals surface area contributed by atoms with Crippen LogP contribution in [0.3, 0.4) is 0 Å². The predicted molar refractivity (Wildman–Crippen MR) is 76.5 cm³/mol. The highest BCUT2D eigenvalue weighted by atomic mass is 32.2. The van der Waals surface area contributed by atoms with Crippen LogP contribution in [0.25, 0.3) is 0 Å². The molecule has 2 rings (SSSR count). The Hall–Kier alpha value is -1.92. The van der Waals surface area contributed by atoms with Crippen LogP contribution < -0.4 is 10.5 Å². The quantitative estimate of drug-likeness (QED) is 0.932. The molecule has 1 aromatic heterocycles. The van der Waals surface area contributed by atoms with E-state index in [1.807, 2.05) is 13.0 Å². The molecule has 2 N–H and O–H groups in total. The lowest BCUT2D eigenvalue weighted by Crippen LogP contribution is -2.01. The van der Waals surface area contributed by atoms with Gasteiger partial charge in [0.2, 0.25) is 5.88 Å². The number of sulfone groups is 1. The second-order valence-corrected chi connectivity index (χ2v) is 6.46. The second-order valence-electron chi connectivity index (χ2n) is 4.44. The van der Waals surface area contributed by atoms with E-state index in [-0.39, 0.29) is 4.90 Å². The van der Waals surface area contributed by atoms with E-state index in [1.165, 1.54) is 18.4 Å². The van der Waals surface area contributed by atoms with Crippen molar-refractivity contribution in [1.29, 1.82) is 0 Å². The molecule has 0 aliphatic carbocycles. The normalized spacial score (nSPS) is 11.3. The predicted octanol–water partition coefficient (Wildman–Crippen LogP) is 2.04. The lowest BCUT2D eigenvalue weighted by molar-refractivity contribution is 0.460. The van der Waals surface area contributed by atoms with Crippen molar-refractivity contribution in [3.05, 3.63) is 47.7 Å². The van der Waals surface area contributed by atoms with E-state index in [1.54, 1.807) is 18.2 Å². The fraction of sp³-hybridized carbons (Fsp3) is 0.214. The maximum Gasteiger partial charge on any atom is 0.219 e. The first-order valence-corrected chi connectivity index (χ1v) is 7.94. The fourth-order valence-electron chi connectivity index (χ4n) is 1.72. The Labute approximate surface area is 118 Å². The first kappa shape index (κ1) is 14.5. The van der Waals surface area contributed by atoms with Gasteiger partial charge in [0.15, 0.2) is 9.84 Å². The van der Waals surface area contributed by atoms with Gasteiger partial charge in [-0.1, -0.05) is 6.07 Å². The molecule has 0 aliphatic rings. The van der Waals surface area contributed by atoms with Crippen LogP contribution in [-0.2, 0) is 16.4 Å². The van der Waals surface area contributed by atoms with Crippen molar-refractivity contribution in [3.63, 3.8) is 0 Å². The van der Waals surface area contributed by atoms with Crippen LogP contribution in [0.1, 0.15) is 11.3 Å².